The molecule has 2 heteroatoms. The number of aryl methyl sites for hydroxylation is 1. The lowest BCUT2D eigenvalue weighted by Gasteiger charge is -2.11. The predicted octanol–water partition coefficient (Wildman–Crippen LogP) is 3.79. The molecule has 17 heavy (non-hydrogen) atoms. The molecule has 1 aromatic heterocycles. The lowest BCUT2D eigenvalue weighted by atomic mass is 9.98. The predicted molar refractivity (Wildman–Crippen MR) is 68.0 cm³/mol. The molecule has 0 saturated heterocycles. The third kappa shape index (κ3) is 2.59. The Labute approximate surface area is 102 Å². The minimum absolute atomic E-state index is 0.459. The van der Waals surface area contributed by atoms with Gasteiger partial charge in [0.05, 0.1) is 0 Å². The molecule has 1 unspecified atom stereocenters. The van der Waals surface area contributed by atoms with E-state index < -0.39 is 6.10 Å². The van der Waals surface area contributed by atoms with E-state index in [1.54, 1.807) is 0 Å². The van der Waals surface area contributed by atoms with Gasteiger partial charge in [-0.3, -0.25) is 0 Å². The fourth-order valence-electron chi connectivity index (χ4n) is 1.85. The maximum absolute atomic E-state index is 10.2. The summed E-state index contributed by atoms with van der Waals surface area (Å²) in [5, 5.41) is 10.2. The molecular formula is C15H18O2. The minimum atomic E-state index is -0.678. The van der Waals surface area contributed by atoms with E-state index in [4.69, 9.17) is 4.42 Å². The second-order valence-electron chi connectivity index (χ2n) is 4.68. The van der Waals surface area contributed by atoms with Gasteiger partial charge in [-0.1, -0.05) is 38.1 Å². The molecular weight excluding hydrogens is 212 g/mol. The number of rotatable bonds is 3. The minimum Gasteiger partial charge on any atom is -0.463 e. The number of aliphatic hydroxyl groups excluding tert-OH is 1. The molecule has 0 spiro atoms. The van der Waals surface area contributed by atoms with Crippen LogP contribution in [0.1, 0.15) is 48.5 Å². The van der Waals surface area contributed by atoms with Crippen molar-refractivity contribution in [3.05, 3.63) is 59.0 Å². The van der Waals surface area contributed by atoms with Crippen LogP contribution in [0.5, 0.6) is 0 Å². The van der Waals surface area contributed by atoms with Crippen molar-refractivity contribution >= 4 is 0 Å². The fraction of sp³-hybridized carbons (Fsp3) is 0.333. The Kier molecular flexibility index (Phi) is 3.34. The summed E-state index contributed by atoms with van der Waals surface area (Å²) in [6.07, 6.45) is -0.678. The van der Waals surface area contributed by atoms with Crippen LogP contribution >= 0.6 is 0 Å². The highest BCUT2D eigenvalue weighted by molar-refractivity contribution is 5.31. The lowest BCUT2D eigenvalue weighted by Crippen LogP contribution is -1.99. The summed E-state index contributed by atoms with van der Waals surface area (Å²) in [6.45, 7) is 6.16. The fourth-order valence-corrected chi connectivity index (χ4v) is 1.85. The molecule has 0 aliphatic heterocycles. The normalized spacial score (nSPS) is 13.0. The highest BCUT2D eigenvalue weighted by atomic mass is 16.4. The smallest absolute Gasteiger partial charge is 0.137 e. The van der Waals surface area contributed by atoms with Gasteiger partial charge < -0.3 is 9.52 Å². The highest BCUT2D eigenvalue weighted by Crippen LogP contribution is 2.26. The third-order valence-corrected chi connectivity index (χ3v) is 2.92. The van der Waals surface area contributed by atoms with Crippen molar-refractivity contribution in [2.75, 3.05) is 0 Å². The van der Waals surface area contributed by atoms with Gasteiger partial charge in [-0.05, 0) is 36.1 Å². The SMILES string of the molecule is Cc1ccc(C(O)c2cccc(C(C)C)c2)o1. The molecule has 0 aliphatic carbocycles. The van der Waals surface area contributed by atoms with Crippen molar-refractivity contribution in [1.82, 2.24) is 0 Å². The van der Waals surface area contributed by atoms with Crippen LogP contribution in [-0.2, 0) is 0 Å². The zero-order valence-electron chi connectivity index (χ0n) is 10.5. The average molecular weight is 230 g/mol. The Bertz CT molecular complexity index is 497. The van der Waals surface area contributed by atoms with Crippen molar-refractivity contribution < 1.29 is 9.52 Å². The molecule has 0 aliphatic rings. The highest BCUT2D eigenvalue weighted by Gasteiger charge is 2.14. The van der Waals surface area contributed by atoms with E-state index in [0.29, 0.717) is 11.7 Å². The van der Waals surface area contributed by atoms with E-state index in [0.717, 1.165) is 11.3 Å². The van der Waals surface area contributed by atoms with E-state index in [2.05, 4.69) is 19.9 Å². The molecule has 1 heterocycles. The topological polar surface area (TPSA) is 33.4 Å². The van der Waals surface area contributed by atoms with Crippen molar-refractivity contribution in [2.45, 2.75) is 32.8 Å². The van der Waals surface area contributed by atoms with Gasteiger partial charge in [0.15, 0.2) is 0 Å². The van der Waals surface area contributed by atoms with Gasteiger partial charge in [-0.25, -0.2) is 0 Å². The standard InChI is InChI=1S/C15H18O2/c1-10(2)12-5-4-6-13(9-12)15(16)14-8-7-11(3)17-14/h4-10,15-16H,1-3H3. The second kappa shape index (κ2) is 4.76. The van der Waals surface area contributed by atoms with E-state index in [1.165, 1.54) is 5.56 Å². The first-order valence-corrected chi connectivity index (χ1v) is 5.92. The molecule has 0 fully saturated rings. The number of benzene rings is 1. The largest absolute Gasteiger partial charge is 0.463 e. The Morgan fingerprint density at radius 3 is 2.35 bits per heavy atom. The molecule has 90 valence electrons. The van der Waals surface area contributed by atoms with Crippen LogP contribution in [0.3, 0.4) is 0 Å². The van der Waals surface area contributed by atoms with Crippen molar-refractivity contribution in [2.24, 2.45) is 0 Å². The molecule has 2 nitrogen and oxygen atoms in total. The summed E-state index contributed by atoms with van der Waals surface area (Å²) in [4.78, 5) is 0. The monoisotopic (exact) mass is 230 g/mol. The Morgan fingerprint density at radius 2 is 1.76 bits per heavy atom. The van der Waals surface area contributed by atoms with Crippen LogP contribution in [0.15, 0.2) is 40.8 Å². The second-order valence-corrected chi connectivity index (χ2v) is 4.68. The number of hydrogen-bond donors (Lipinski definition) is 1. The van der Waals surface area contributed by atoms with E-state index in [9.17, 15) is 5.11 Å². The number of hydrogen-bond acceptors (Lipinski definition) is 2. The Morgan fingerprint density at radius 1 is 1.06 bits per heavy atom. The van der Waals surface area contributed by atoms with Gasteiger partial charge in [-0.15, -0.1) is 0 Å². The van der Waals surface area contributed by atoms with Crippen LogP contribution in [0.2, 0.25) is 0 Å². The molecule has 1 N–H and O–H groups in total. The molecule has 2 rings (SSSR count). The maximum Gasteiger partial charge on any atom is 0.137 e. The van der Waals surface area contributed by atoms with Gasteiger partial charge >= 0.3 is 0 Å². The molecule has 0 radical (unpaired) electrons. The Hall–Kier alpha value is -1.54. The van der Waals surface area contributed by atoms with Gasteiger partial charge in [-0.2, -0.15) is 0 Å². The van der Waals surface area contributed by atoms with Gasteiger partial charge in [0, 0.05) is 0 Å². The van der Waals surface area contributed by atoms with Crippen LogP contribution in [0, 0.1) is 6.92 Å². The summed E-state index contributed by atoms with van der Waals surface area (Å²) in [5.41, 5.74) is 2.11. The van der Waals surface area contributed by atoms with Crippen LogP contribution < -0.4 is 0 Å². The first-order valence-electron chi connectivity index (χ1n) is 5.92. The first-order chi connectivity index (χ1) is 8.08. The molecule has 1 atom stereocenters. The summed E-state index contributed by atoms with van der Waals surface area (Å²) < 4.78 is 5.45. The lowest BCUT2D eigenvalue weighted by molar-refractivity contribution is 0.187. The van der Waals surface area contributed by atoms with Gasteiger partial charge in [0.25, 0.3) is 0 Å². The van der Waals surface area contributed by atoms with Gasteiger partial charge in [0.1, 0.15) is 17.6 Å². The number of aliphatic hydroxyl groups is 1. The van der Waals surface area contributed by atoms with Gasteiger partial charge in [0.2, 0.25) is 0 Å². The third-order valence-electron chi connectivity index (χ3n) is 2.92. The summed E-state index contributed by atoms with van der Waals surface area (Å²) in [6, 6.07) is 11.7. The zero-order chi connectivity index (χ0) is 12.4. The molecule has 0 amide bonds. The average Bonchev–Trinajstić information content (AvgIpc) is 2.75. The zero-order valence-corrected chi connectivity index (χ0v) is 10.5. The van der Waals surface area contributed by atoms with Crippen molar-refractivity contribution in [1.29, 1.82) is 0 Å². The molecule has 1 aromatic carbocycles. The molecule has 2 aromatic rings. The molecule has 0 saturated carbocycles. The summed E-state index contributed by atoms with van der Waals surface area (Å²) >= 11 is 0. The first kappa shape index (κ1) is 11.9. The summed E-state index contributed by atoms with van der Waals surface area (Å²) in [5.74, 6) is 1.88. The van der Waals surface area contributed by atoms with E-state index >= 15 is 0 Å². The number of furan rings is 1. The van der Waals surface area contributed by atoms with Crippen molar-refractivity contribution in [3.8, 4) is 0 Å². The maximum atomic E-state index is 10.2. The Balaban J connectivity index is 2.30. The van der Waals surface area contributed by atoms with Crippen LogP contribution in [-0.4, -0.2) is 5.11 Å². The van der Waals surface area contributed by atoms with Crippen LogP contribution in [0.4, 0.5) is 0 Å². The van der Waals surface area contributed by atoms with E-state index in [-0.39, 0.29) is 0 Å². The molecule has 0 bridgehead atoms. The van der Waals surface area contributed by atoms with Crippen molar-refractivity contribution in [3.63, 3.8) is 0 Å². The summed E-state index contributed by atoms with van der Waals surface area (Å²) in [7, 11) is 0. The van der Waals surface area contributed by atoms with E-state index in [1.807, 2.05) is 37.3 Å². The quantitative estimate of drug-likeness (QED) is 0.870. The van der Waals surface area contributed by atoms with Crippen LogP contribution in [0.25, 0.3) is 0 Å².